The monoisotopic (exact) mass is 285 g/mol. The van der Waals surface area contributed by atoms with E-state index in [1.807, 2.05) is 19.0 Å². The smallest absolute Gasteiger partial charge is 0.294 e. The molecule has 0 spiro atoms. The fraction of sp³-hybridized carbons (Fsp3) is 0.941. The average molecular weight is 285 g/mol. The minimum absolute atomic E-state index is 0.0499. The molecule has 20 heavy (non-hydrogen) atoms. The number of hydrogen-bond acceptors (Lipinski definition) is 3. The van der Waals surface area contributed by atoms with Crippen molar-refractivity contribution in [1.82, 2.24) is 4.90 Å². The van der Waals surface area contributed by atoms with Crippen LogP contribution < -0.4 is 0 Å². The van der Waals surface area contributed by atoms with Gasteiger partial charge in [-0.1, -0.05) is 71.1 Å². The summed E-state index contributed by atoms with van der Waals surface area (Å²) in [6, 6.07) is 0. The zero-order chi connectivity index (χ0) is 15.1. The number of ether oxygens (including phenoxy) is 1. The molecule has 0 aromatic rings. The largest absolute Gasteiger partial charge is 0.449 e. The van der Waals surface area contributed by atoms with Crippen molar-refractivity contribution in [3.05, 3.63) is 0 Å². The van der Waals surface area contributed by atoms with Crippen LogP contribution in [0, 0.1) is 0 Å². The molecule has 0 fully saturated rings. The van der Waals surface area contributed by atoms with E-state index in [1.54, 1.807) is 0 Å². The maximum Gasteiger partial charge on any atom is 0.294 e. The van der Waals surface area contributed by atoms with Crippen LogP contribution >= 0.6 is 0 Å². The molecule has 1 atom stereocenters. The molecular formula is C17H35NO2. The molecule has 0 aliphatic rings. The highest BCUT2D eigenvalue weighted by Gasteiger charge is 2.10. The Morgan fingerprint density at radius 3 is 1.70 bits per heavy atom. The molecule has 0 N–H and O–H groups in total. The van der Waals surface area contributed by atoms with Crippen LogP contribution in [0.1, 0.15) is 84.0 Å². The molecule has 0 saturated carbocycles. The maximum atomic E-state index is 10.4. The molecule has 0 aromatic carbocycles. The minimum Gasteiger partial charge on any atom is -0.449 e. The topological polar surface area (TPSA) is 29.5 Å². The zero-order valence-corrected chi connectivity index (χ0v) is 13.9. The normalized spacial score (nSPS) is 12.6. The van der Waals surface area contributed by atoms with Gasteiger partial charge < -0.3 is 4.74 Å². The van der Waals surface area contributed by atoms with Crippen molar-refractivity contribution >= 4 is 6.47 Å². The van der Waals surface area contributed by atoms with Crippen LogP contribution in [-0.4, -0.2) is 31.7 Å². The van der Waals surface area contributed by atoms with Crippen LogP contribution in [0.25, 0.3) is 0 Å². The summed E-state index contributed by atoms with van der Waals surface area (Å²) in [4.78, 5) is 12.3. The third-order valence-electron chi connectivity index (χ3n) is 3.84. The second-order valence-corrected chi connectivity index (χ2v) is 5.97. The summed E-state index contributed by atoms with van der Waals surface area (Å²) >= 11 is 0. The Balaban J connectivity index is 3.25. The van der Waals surface area contributed by atoms with Gasteiger partial charge in [-0.05, 0) is 26.9 Å². The molecule has 0 aliphatic carbocycles. The third-order valence-corrected chi connectivity index (χ3v) is 3.84. The molecule has 0 rings (SSSR count). The SMILES string of the molecule is CCCCCCCCCCCCCC(OC=O)N(C)C. The molecule has 0 aromatic heterocycles. The lowest BCUT2D eigenvalue weighted by Crippen LogP contribution is -2.30. The van der Waals surface area contributed by atoms with E-state index in [4.69, 9.17) is 4.74 Å². The lowest BCUT2D eigenvalue weighted by atomic mass is 10.1. The first-order valence-electron chi connectivity index (χ1n) is 8.48. The Bertz CT molecular complexity index is 207. The van der Waals surface area contributed by atoms with Gasteiger partial charge >= 0.3 is 0 Å². The van der Waals surface area contributed by atoms with E-state index in [9.17, 15) is 4.79 Å². The molecule has 1 unspecified atom stereocenters. The first-order valence-corrected chi connectivity index (χ1v) is 8.48. The van der Waals surface area contributed by atoms with Crippen LogP contribution in [0.3, 0.4) is 0 Å². The van der Waals surface area contributed by atoms with Gasteiger partial charge in [0, 0.05) is 0 Å². The van der Waals surface area contributed by atoms with Crippen molar-refractivity contribution in [3.63, 3.8) is 0 Å². The second kappa shape index (κ2) is 14.8. The summed E-state index contributed by atoms with van der Waals surface area (Å²) in [5, 5.41) is 0. The van der Waals surface area contributed by atoms with Gasteiger partial charge in [-0.25, -0.2) is 0 Å². The van der Waals surface area contributed by atoms with Crippen molar-refractivity contribution in [1.29, 1.82) is 0 Å². The molecule has 120 valence electrons. The number of rotatable bonds is 15. The summed E-state index contributed by atoms with van der Waals surface area (Å²) in [7, 11) is 3.90. The lowest BCUT2D eigenvalue weighted by Gasteiger charge is -2.21. The van der Waals surface area contributed by atoms with E-state index >= 15 is 0 Å². The fourth-order valence-electron chi connectivity index (χ4n) is 2.50. The van der Waals surface area contributed by atoms with Crippen molar-refractivity contribution in [2.45, 2.75) is 90.2 Å². The Morgan fingerprint density at radius 2 is 1.30 bits per heavy atom. The number of hydrogen-bond donors (Lipinski definition) is 0. The first-order chi connectivity index (χ1) is 9.72. The third kappa shape index (κ3) is 12.5. The van der Waals surface area contributed by atoms with Gasteiger partial charge in [-0.3, -0.25) is 9.69 Å². The Kier molecular flexibility index (Phi) is 14.4. The first kappa shape index (κ1) is 19.4. The van der Waals surface area contributed by atoms with Crippen molar-refractivity contribution in [2.75, 3.05) is 14.1 Å². The minimum atomic E-state index is -0.0499. The van der Waals surface area contributed by atoms with Crippen LogP contribution in [0.5, 0.6) is 0 Å². The van der Waals surface area contributed by atoms with Crippen molar-refractivity contribution in [3.8, 4) is 0 Å². The number of carbonyl (C=O) groups excluding carboxylic acids is 1. The van der Waals surface area contributed by atoms with Crippen LogP contribution in [0.15, 0.2) is 0 Å². The van der Waals surface area contributed by atoms with Crippen molar-refractivity contribution in [2.24, 2.45) is 0 Å². The quantitative estimate of drug-likeness (QED) is 0.247. The van der Waals surface area contributed by atoms with Crippen LogP contribution in [0.4, 0.5) is 0 Å². The molecule has 0 heterocycles. The zero-order valence-electron chi connectivity index (χ0n) is 13.9. The molecule has 0 bridgehead atoms. The van der Waals surface area contributed by atoms with E-state index < -0.39 is 0 Å². The Labute approximate surface area is 126 Å². The maximum absolute atomic E-state index is 10.4. The molecule has 0 saturated heterocycles. The average Bonchev–Trinajstić information content (AvgIpc) is 2.43. The number of unbranched alkanes of at least 4 members (excludes halogenated alkanes) is 10. The summed E-state index contributed by atoms with van der Waals surface area (Å²) in [6.45, 7) is 2.82. The highest BCUT2D eigenvalue weighted by Crippen LogP contribution is 2.13. The van der Waals surface area contributed by atoms with E-state index in [0.29, 0.717) is 6.47 Å². The predicted octanol–water partition coefficient (Wildman–Crippen LogP) is 4.75. The molecule has 3 heteroatoms. The van der Waals surface area contributed by atoms with Gasteiger partial charge in [-0.15, -0.1) is 0 Å². The van der Waals surface area contributed by atoms with Gasteiger partial charge in [0.25, 0.3) is 6.47 Å². The van der Waals surface area contributed by atoms with E-state index in [1.165, 1.54) is 64.2 Å². The Hall–Kier alpha value is -0.570. The standard InChI is InChI=1S/C17H35NO2/c1-4-5-6-7-8-9-10-11-12-13-14-15-17(18(2)3)20-16-19/h16-17H,4-15H2,1-3H3. The highest BCUT2D eigenvalue weighted by atomic mass is 16.5. The summed E-state index contributed by atoms with van der Waals surface area (Å²) in [5.41, 5.74) is 0. The Morgan fingerprint density at radius 1 is 0.850 bits per heavy atom. The fourth-order valence-corrected chi connectivity index (χ4v) is 2.50. The van der Waals surface area contributed by atoms with Crippen LogP contribution in [-0.2, 0) is 9.53 Å². The second-order valence-electron chi connectivity index (χ2n) is 5.97. The van der Waals surface area contributed by atoms with Crippen molar-refractivity contribution < 1.29 is 9.53 Å². The molecule has 3 nitrogen and oxygen atoms in total. The van der Waals surface area contributed by atoms with Gasteiger partial charge in [-0.2, -0.15) is 0 Å². The van der Waals surface area contributed by atoms with E-state index in [2.05, 4.69) is 6.92 Å². The van der Waals surface area contributed by atoms with Gasteiger partial charge in [0.05, 0.1) is 0 Å². The molecule has 0 aliphatic heterocycles. The summed E-state index contributed by atoms with van der Waals surface area (Å²) in [6.07, 6.45) is 15.7. The highest BCUT2D eigenvalue weighted by molar-refractivity contribution is 5.37. The van der Waals surface area contributed by atoms with E-state index in [-0.39, 0.29) is 6.23 Å². The van der Waals surface area contributed by atoms with E-state index in [0.717, 1.165) is 12.8 Å². The molecule has 0 radical (unpaired) electrons. The summed E-state index contributed by atoms with van der Waals surface area (Å²) < 4.78 is 5.04. The van der Waals surface area contributed by atoms with Gasteiger partial charge in [0.2, 0.25) is 0 Å². The van der Waals surface area contributed by atoms with Gasteiger partial charge in [0.15, 0.2) is 6.23 Å². The summed E-state index contributed by atoms with van der Waals surface area (Å²) in [5.74, 6) is 0. The number of nitrogens with zero attached hydrogens (tertiary/aromatic N) is 1. The molecule has 0 amide bonds. The lowest BCUT2D eigenvalue weighted by molar-refractivity contribution is -0.141. The number of carbonyl (C=O) groups is 1. The molecular weight excluding hydrogens is 250 g/mol. The predicted molar refractivity (Wildman–Crippen MR) is 85.7 cm³/mol. The van der Waals surface area contributed by atoms with Crippen LogP contribution in [0.2, 0.25) is 0 Å². The van der Waals surface area contributed by atoms with Gasteiger partial charge in [0.1, 0.15) is 0 Å².